The van der Waals surface area contributed by atoms with Gasteiger partial charge < -0.3 is 15.4 Å². The summed E-state index contributed by atoms with van der Waals surface area (Å²) in [6, 6.07) is 0.215. The van der Waals surface area contributed by atoms with E-state index in [0.717, 1.165) is 13.0 Å². The maximum atomic E-state index is 12.0. The fourth-order valence-corrected chi connectivity index (χ4v) is 2.12. The second kappa shape index (κ2) is 4.34. The molecule has 0 aromatic rings. The molecule has 2 unspecified atom stereocenters. The molecule has 1 saturated carbocycles. The molecular formula is C12H22N2O2. The standard InChI is InChI=1S/C12H22N2O2/c1-12(2,13-3)11(15)14-9-6-7-16-10(9)8-4-5-8/h8-10,13H,4-7H2,1-3H3,(H,14,15). The maximum absolute atomic E-state index is 12.0. The molecule has 4 heteroatoms. The Hall–Kier alpha value is -0.610. The number of amides is 1. The third kappa shape index (κ3) is 2.38. The zero-order valence-corrected chi connectivity index (χ0v) is 10.4. The molecular weight excluding hydrogens is 204 g/mol. The average molecular weight is 226 g/mol. The molecule has 0 spiro atoms. The first-order chi connectivity index (χ1) is 7.54. The van der Waals surface area contributed by atoms with Crippen LogP contribution in [-0.2, 0) is 9.53 Å². The normalized spacial score (nSPS) is 30.4. The number of hydrogen-bond acceptors (Lipinski definition) is 3. The van der Waals surface area contributed by atoms with E-state index < -0.39 is 5.54 Å². The smallest absolute Gasteiger partial charge is 0.240 e. The van der Waals surface area contributed by atoms with E-state index in [1.54, 1.807) is 0 Å². The van der Waals surface area contributed by atoms with Gasteiger partial charge in [0.1, 0.15) is 0 Å². The first kappa shape index (κ1) is 11.9. The second-order valence-electron chi connectivity index (χ2n) is 5.42. The van der Waals surface area contributed by atoms with Crippen LogP contribution in [0.15, 0.2) is 0 Å². The molecule has 1 aliphatic heterocycles. The van der Waals surface area contributed by atoms with Crippen molar-refractivity contribution in [3.63, 3.8) is 0 Å². The highest BCUT2D eigenvalue weighted by Crippen LogP contribution is 2.38. The minimum Gasteiger partial charge on any atom is -0.376 e. The number of nitrogens with one attached hydrogen (secondary N) is 2. The van der Waals surface area contributed by atoms with Crippen LogP contribution >= 0.6 is 0 Å². The molecule has 16 heavy (non-hydrogen) atoms. The topological polar surface area (TPSA) is 50.4 Å². The van der Waals surface area contributed by atoms with Crippen LogP contribution in [0.1, 0.15) is 33.1 Å². The van der Waals surface area contributed by atoms with Crippen molar-refractivity contribution in [2.24, 2.45) is 5.92 Å². The molecule has 0 aromatic heterocycles. The van der Waals surface area contributed by atoms with Crippen molar-refractivity contribution >= 4 is 5.91 Å². The molecule has 4 nitrogen and oxygen atoms in total. The molecule has 0 bridgehead atoms. The Kier molecular flexibility index (Phi) is 3.22. The predicted octanol–water partition coefficient (Wildman–Crippen LogP) is 0.668. The van der Waals surface area contributed by atoms with Crippen LogP contribution in [0.25, 0.3) is 0 Å². The van der Waals surface area contributed by atoms with E-state index in [1.165, 1.54) is 12.8 Å². The molecule has 2 N–H and O–H groups in total. The van der Waals surface area contributed by atoms with Gasteiger partial charge in [-0.05, 0) is 46.1 Å². The molecule has 2 rings (SSSR count). The van der Waals surface area contributed by atoms with E-state index in [4.69, 9.17) is 4.74 Å². The molecule has 1 heterocycles. The summed E-state index contributed by atoms with van der Waals surface area (Å²) < 4.78 is 5.70. The lowest BCUT2D eigenvalue weighted by Crippen LogP contribution is -2.55. The van der Waals surface area contributed by atoms with Crippen LogP contribution in [0, 0.1) is 5.92 Å². The summed E-state index contributed by atoms with van der Waals surface area (Å²) in [4.78, 5) is 12.0. The highest BCUT2D eigenvalue weighted by Gasteiger charge is 2.42. The highest BCUT2D eigenvalue weighted by molar-refractivity contribution is 5.85. The molecule has 0 radical (unpaired) electrons. The van der Waals surface area contributed by atoms with E-state index in [1.807, 2.05) is 20.9 Å². The Labute approximate surface area is 97.1 Å². The van der Waals surface area contributed by atoms with Gasteiger partial charge in [0.2, 0.25) is 5.91 Å². The van der Waals surface area contributed by atoms with E-state index >= 15 is 0 Å². The zero-order chi connectivity index (χ0) is 11.8. The van der Waals surface area contributed by atoms with Crippen LogP contribution < -0.4 is 10.6 Å². The number of ether oxygens (including phenoxy) is 1. The molecule has 2 atom stereocenters. The average Bonchev–Trinajstić information content (AvgIpc) is 3.00. The summed E-state index contributed by atoms with van der Waals surface area (Å²) in [5, 5.41) is 6.14. The van der Waals surface area contributed by atoms with Gasteiger partial charge in [-0.3, -0.25) is 4.79 Å². The van der Waals surface area contributed by atoms with Crippen molar-refractivity contribution in [3.05, 3.63) is 0 Å². The molecule has 2 aliphatic rings. The number of hydrogen-bond donors (Lipinski definition) is 2. The summed E-state index contributed by atoms with van der Waals surface area (Å²) in [5.41, 5.74) is -0.503. The summed E-state index contributed by atoms with van der Waals surface area (Å²) in [6.07, 6.45) is 3.72. The minimum atomic E-state index is -0.503. The Bertz CT molecular complexity index is 274. The Morgan fingerprint density at radius 3 is 2.56 bits per heavy atom. The monoisotopic (exact) mass is 226 g/mol. The quantitative estimate of drug-likeness (QED) is 0.740. The van der Waals surface area contributed by atoms with Crippen LogP contribution in [-0.4, -0.2) is 37.2 Å². The van der Waals surface area contributed by atoms with Crippen molar-refractivity contribution in [3.8, 4) is 0 Å². The van der Waals surface area contributed by atoms with Gasteiger partial charge in [0.05, 0.1) is 17.7 Å². The first-order valence-electron chi connectivity index (χ1n) is 6.16. The molecule has 0 aromatic carbocycles. The molecule has 2 fully saturated rings. The number of carbonyl (C=O) groups excluding carboxylic acids is 1. The second-order valence-corrected chi connectivity index (χ2v) is 5.42. The van der Waals surface area contributed by atoms with Crippen LogP contribution in [0.5, 0.6) is 0 Å². The number of carbonyl (C=O) groups is 1. The van der Waals surface area contributed by atoms with Gasteiger partial charge in [0.25, 0.3) is 0 Å². The van der Waals surface area contributed by atoms with Crippen LogP contribution in [0.4, 0.5) is 0 Å². The number of likely N-dealkylation sites (N-methyl/N-ethyl adjacent to an activating group) is 1. The summed E-state index contributed by atoms with van der Waals surface area (Å²) in [5.74, 6) is 0.752. The Balaban J connectivity index is 1.90. The van der Waals surface area contributed by atoms with Gasteiger partial charge in [-0.2, -0.15) is 0 Å². The number of rotatable bonds is 4. The minimum absolute atomic E-state index is 0.0659. The Morgan fingerprint density at radius 2 is 2.00 bits per heavy atom. The van der Waals surface area contributed by atoms with E-state index in [-0.39, 0.29) is 18.1 Å². The lowest BCUT2D eigenvalue weighted by Gasteiger charge is -2.27. The van der Waals surface area contributed by atoms with Gasteiger partial charge in [-0.1, -0.05) is 0 Å². The largest absolute Gasteiger partial charge is 0.376 e. The van der Waals surface area contributed by atoms with Crippen molar-refractivity contribution in [2.45, 2.75) is 50.8 Å². The fourth-order valence-electron chi connectivity index (χ4n) is 2.12. The van der Waals surface area contributed by atoms with Gasteiger partial charge in [-0.25, -0.2) is 0 Å². The highest BCUT2D eigenvalue weighted by atomic mass is 16.5. The summed E-state index contributed by atoms with van der Waals surface area (Å²) in [7, 11) is 1.81. The Morgan fingerprint density at radius 1 is 1.31 bits per heavy atom. The SMILES string of the molecule is CNC(C)(C)C(=O)NC1CCOC1C1CC1. The fraction of sp³-hybridized carbons (Fsp3) is 0.917. The van der Waals surface area contributed by atoms with Gasteiger partial charge in [-0.15, -0.1) is 0 Å². The van der Waals surface area contributed by atoms with Gasteiger partial charge >= 0.3 is 0 Å². The van der Waals surface area contributed by atoms with Crippen molar-refractivity contribution in [2.75, 3.05) is 13.7 Å². The van der Waals surface area contributed by atoms with Crippen LogP contribution in [0.2, 0.25) is 0 Å². The lowest BCUT2D eigenvalue weighted by molar-refractivity contribution is -0.127. The van der Waals surface area contributed by atoms with Crippen molar-refractivity contribution < 1.29 is 9.53 Å². The van der Waals surface area contributed by atoms with Gasteiger partial charge in [0.15, 0.2) is 0 Å². The molecule has 1 amide bonds. The van der Waals surface area contributed by atoms with Gasteiger partial charge in [0, 0.05) is 6.61 Å². The van der Waals surface area contributed by atoms with Crippen molar-refractivity contribution in [1.82, 2.24) is 10.6 Å². The third-order valence-corrected chi connectivity index (χ3v) is 3.73. The molecule has 92 valence electrons. The van der Waals surface area contributed by atoms with Crippen LogP contribution in [0.3, 0.4) is 0 Å². The van der Waals surface area contributed by atoms with E-state index in [0.29, 0.717) is 5.92 Å². The van der Waals surface area contributed by atoms with Crippen molar-refractivity contribution in [1.29, 1.82) is 0 Å². The van der Waals surface area contributed by atoms with E-state index in [9.17, 15) is 4.79 Å². The first-order valence-corrected chi connectivity index (χ1v) is 6.16. The summed E-state index contributed by atoms with van der Waals surface area (Å²) >= 11 is 0. The van der Waals surface area contributed by atoms with E-state index in [2.05, 4.69) is 10.6 Å². The molecule has 1 saturated heterocycles. The zero-order valence-electron chi connectivity index (χ0n) is 10.4. The third-order valence-electron chi connectivity index (χ3n) is 3.73. The lowest BCUT2D eigenvalue weighted by atomic mass is 10.0. The summed E-state index contributed by atoms with van der Waals surface area (Å²) in [6.45, 7) is 4.57. The molecule has 1 aliphatic carbocycles. The predicted molar refractivity (Wildman–Crippen MR) is 62.2 cm³/mol. The maximum Gasteiger partial charge on any atom is 0.240 e.